The van der Waals surface area contributed by atoms with Crippen LogP contribution in [-0.2, 0) is 14.3 Å². The van der Waals surface area contributed by atoms with Crippen LogP contribution >= 0.6 is 11.6 Å². The highest BCUT2D eigenvalue weighted by atomic mass is 35.5. The summed E-state index contributed by atoms with van der Waals surface area (Å²) < 4.78 is 11.6. The van der Waals surface area contributed by atoms with Crippen molar-refractivity contribution in [3.05, 3.63) is 34.9 Å². The number of carbonyl (C=O) groups is 1. The lowest BCUT2D eigenvalue weighted by atomic mass is 10.0. The van der Waals surface area contributed by atoms with Gasteiger partial charge in [0.05, 0.1) is 0 Å². The van der Waals surface area contributed by atoms with Crippen LogP contribution < -0.4 is 0 Å². The van der Waals surface area contributed by atoms with E-state index in [0.717, 1.165) is 0 Å². The molecular formula is C14H17ClO4. The monoisotopic (exact) mass is 284 g/mol. The van der Waals surface area contributed by atoms with Gasteiger partial charge in [0, 0.05) is 10.6 Å². The summed E-state index contributed by atoms with van der Waals surface area (Å²) in [4.78, 5) is 11.4. The zero-order chi connectivity index (χ0) is 14.0. The van der Waals surface area contributed by atoms with Gasteiger partial charge in [0.15, 0.2) is 11.9 Å². The molecule has 2 unspecified atom stereocenters. The van der Waals surface area contributed by atoms with E-state index >= 15 is 0 Å². The van der Waals surface area contributed by atoms with Crippen LogP contribution in [0.4, 0.5) is 0 Å². The summed E-state index contributed by atoms with van der Waals surface area (Å²) in [5.41, 5.74) is 0.653. The molecule has 19 heavy (non-hydrogen) atoms. The summed E-state index contributed by atoms with van der Waals surface area (Å²) in [5.74, 6) is -1.87. The van der Waals surface area contributed by atoms with Gasteiger partial charge in [-0.05, 0) is 18.9 Å². The molecule has 1 saturated heterocycles. The molecule has 5 heteroatoms. The van der Waals surface area contributed by atoms with Crippen LogP contribution in [0.1, 0.15) is 38.4 Å². The smallest absolute Gasteiger partial charge is 0.336 e. The third-order valence-corrected chi connectivity index (χ3v) is 3.84. The van der Waals surface area contributed by atoms with Gasteiger partial charge < -0.3 is 14.6 Å². The van der Waals surface area contributed by atoms with Gasteiger partial charge in [-0.3, -0.25) is 0 Å². The first-order valence-electron chi connectivity index (χ1n) is 6.36. The molecule has 0 bridgehead atoms. The third-order valence-electron chi connectivity index (χ3n) is 3.49. The zero-order valence-electron chi connectivity index (χ0n) is 10.9. The number of rotatable bonds is 4. The van der Waals surface area contributed by atoms with Gasteiger partial charge in [0.2, 0.25) is 0 Å². The molecule has 1 fully saturated rings. The molecule has 2 atom stereocenters. The summed E-state index contributed by atoms with van der Waals surface area (Å²) in [6.07, 6.45) is -0.520. The number of halogens is 1. The summed E-state index contributed by atoms with van der Waals surface area (Å²) in [6, 6.07) is 7.09. The lowest BCUT2D eigenvalue weighted by Gasteiger charge is -2.24. The van der Waals surface area contributed by atoms with Crippen molar-refractivity contribution < 1.29 is 19.4 Å². The van der Waals surface area contributed by atoms with Crippen molar-refractivity contribution in [2.24, 2.45) is 0 Å². The molecule has 1 heterocycles. The molecule has 0 aliphatic carbocycles. The molecule has 1 aromatic carbocycles. The first-order valence-corrected chi connectivity index (χ1v) is 6.73. The molecule has 1 N–H and O–H groups in total. The van der Waals surface area contributed by atoms with Crippen LogP contribution in [0, 0.1) is 0 Å². The second kappa shape index (κ2) is 5.49. The van der Waals surface area contributed by atoms with E-state index in [4.69, 9.17) is 21.1 Å². The number of aliphatic carboxylic acids is 1. The average molecular weight is 285 g/mol. The van der Waals surface area contributed by atoms with E-state index in [1.54, 1.807) is 24.3 Å². The van der Waals surface area contributed by atoms with E-state index in [-0.39, 0.29) is 0 Å². The average Bonchev–Trinajstić information content (AvgIpc) is 2.80. The Labute approximate surface area is 117 Å². The molecule has 1 aromatic rings. The molecule has 1 aliphatic heterocycles. The van der Waals surface area contributed by atoms with E-state index in [2.05, 4.69) is 0 Å². The molecular weight excluding hydrogens is 268 g/mol. The van der Waals surface area contributed by atoms with Crippen LogP contribution in [0.25, 0.3) is 0 Å². The number of hydrogen-bond donors (Lipinski definition) is 1. The van der Waals surface area contributed by atoms with Crippen LogP contribution in [0.15, 0.2) is 24.3 Å². The van der Waals surface area contributed by atoms with Crippen molar-refractivity contribution in [3.63, 3.8) is 0 Å². The SMILES string of the molecule is CCC1(CC)OC(C(=O)O)C(c2ccccc2Cl)O1. The van der Waals surface area contributed by atoms with E-state index in [9.17, 15) is 9.90 Å². The minimum atomic E-state index is -1.03. The molecule has 0 amide bonds. The zero-order valence-corrected chi connectivity index (χ0v) is 11.7. The minimum absolute atomic E-state index is 0.491. The molecule has 0 saturated carbocycles. The first kappa shape index (κ1) is 14.3. The summed E-state index contributed by atoms with van der Waals surface area (Å²) in [6.45, 7) is 3.83. The molecule has 0 spiro atoms. The molecule has 104 valence electrons. The highest BCUT2D eigenvalue weighted by Gasteiger charge is 2.49. The standard InChI is InChI=1S/C14H17ClO4/c1-3-14(4-2)18-11(12(19-14)13(16)17)9-7-5-6-8-10(9)15/h5-8,11-12H,3-4H2,1-2H3,(H,16,17). The van der Waals surface area contributed by atoms with Gasteiger partial charge in [0.1, 0.15) is 6.10 Å². The van der Waals surface area contributed by atoms with Gasteiger partial charge in [0.25, 0.3) is 0 Å². The third kappa shape index (κ3) is 2.61. The van der Waals surface area contributed by atoms with Gasteiger partial charge >= 0.3 is 5.97 Å². The summed E-state index contributed by atoms with van der Waals surface area (Å²) in [7, 11) is 0. The normalized spacial score (nSPS) is 25.4. The van der Waals surface area contributed by atoms with Crippen molar-refractivity contribution in [2.45, 2.75) is 44.7 Å². The number of benzene rings is 1. The number of carboxylic acid groups (broad SMARTS) is 1. The maximum atomic E-state index is 11.4. The Bertz CT molecular complexity index is 470. The van der Waals surface area contributed by atoms with Crippen molar-refractivity contribution in [1.82, 2.24) is 0 Å². The molecule has 0 aromatic heterocycles. The second-order valence-corrected chi connectivity index (χ2v) is 4.96. The lowest BCUT2D eigenvalue weighted by Crippen LogP contribution is -2.31. The molecule has 2 rings (SSSR count). The summed E-state index contributed by atoms with van der Waals surface area (Å²) in [5, 5.41) is 9.80. The fourth-order valence-electron chi connectivity index (χ4n) is 2.31. The molecule has 4 nitrogen and oxygen atoms in total. The second-order valence-electron chi connectivity index (χ2n) is 4.55. The van der Waals surface area contributed by atoms with Gasteiger partial charge in [-0.15, -0.1) is 0 Å². The Balaban J connectivity index is 2.38. The van der Waals surface area contributed by atoms with Crippen molar-refractivity contribution in [3.8, 4) is 0 Å². The van der Waals surface area contributed by atoms with Crippen molar-refractivity contribution in [2.75, 3.05) is 0 Å². The summed E-state index contributed by atoms with van der Waals surface area (Å²) >= 11 is 6.13. The molecule has 0 radical (unpaired) electrons. The van der Waals surface area contributed by atoms with E-state index in [0.29, 0.717) is 23.4 Å². The highest BCUT2D eigenvalue weighted by Crippen LogP contribution is 2.43. The predicted molar refractivity (Wildman–Crippen MR) is 71.1 cm³/mol. The van der Waals surface area contributed by atoms with E-state index < -0.39 is 24.0 Å². The van der Waals surface area contributed by atoms with E-state index in [1.165, 1.54) is 0 Å². The lowest BCUT2D eigenvalue weighted by molar-refractivity contribution is -0.186. The maximum Gasteiger partial charge on any atom is 0.336 e. The van der Waals surface area contributed by atoms with Crippen LogP contribution in [0.2, 0.25) is 5.02 Å². The Hall–Kier alpha value is -1.10. The fraction of sp³-hybridized carbons (Fsp3) is 0.500. The Morgan fingerprint density at radius 2 is 1.95 bits per heavy atom. The highest BCUT2D eigenvalue weighted by molar-refractivity contribution is 6.31. The van der Waals surface area contributed by atoms with Crippen LogP contribution in [0.3, 0.4) is 0 Å². The van der Waals surface area contributed by atoms with Crippen molar-refractivity contribution >= 4 is 17.6 Å². The van der Waals surface area contributed by atoms with Crippen LogP contribution in [-0.4, -0.2) is 23.0 Å². The maximum absolute atomic E-state index is 11.4. The van der Waals surface area contributed by atoms with Gasteiger partial charge in [-0.25, -0.2) is 4.79 Å². The predicted octanol–water partition coefficient (Wildman–Crippen LogP) is 3.40. The van der Waals surface area contributed by atoms with Crippen LogP contribution in [0.5, 0.6) is 0 Å². The fourth-order valence-corrected chi connectivity index (χ4v) is 2.55. The van der Waals surface area contributed by atoms with Gasteiger partial charge in [-0.2, -0.15) is 0 Å². The Morgan fingerprint density at radius 1 is 1.32 bits per heavy atom. The number of hydrogen-bond acceptors (Lipinski definition) is 3. The Morgan fingerprint density at radius 3 is 2.47 bits per heavy atom. The first-order chi connectivity index (χ1) is 9.03. The minimum Gasteiger partial charge on any atom is -0.479 e. The van der Waals surface area contributed by atoms with E-state index in [1.807, 2.05) is 13.8 Å². The van der Waals surface area contributed by atoms with Crippen molar-refractivity contribution in [1.29, 1.82) is 0 Å². The largest absolute Gasteiger partial charge is 0.479 e. The number of carboxylic acids is 1. The number of ether oxygens (including phenoxy) is 2. The quantitative estimate of drug-likeness (QED) is 0.921. The topological polar surface area (TPSA) is 55.8 Å². The Kier molecular flexibility index (Phi) is 4.13. The van der Waals surface area contributed by atoms with Gasteiger partial charge in [-0.1, -0.05) is 43.6 Å². The molecule has 1 aliphatic rings.